The standard InChI is InChI=1S/C28H40ClN3O2S/c1-9-13-24(22(29)10-2)31-27(34)25(26(33)28(6,7)8)30-23-16-15-21(18-19(23)4)32(11-3)17-12-14-20(5)35/h9-10,13,15-16,18,20,35H,1,11-12,14,17H2,2-8H3,(H,31,34)/b22-10+,24-13+,30-25?. The molecule has 7 heteroatoms. The monoisotopic (exact) mass is 517 g/mol. The third kappa shape index (κ3) is 9.69. The summed E-state index contributed by atoms with van der Waals surface area (Å²) in [5.74, 6) is -0.971. The molecule has 0 saturated heterocycles. The topological polar surface area (TPSA) is 61.8 Å². The Labute approximate surface area is 221 Å². The zero-order chi connectivity index (χ0) is 26.8. The molecule has 0 spiro atoms. The van der Waals surface area contributed by atoms with Crippen LogP contribution < -0.4 is 10.2 Å². The number of anilines is 1. The quantitative estimate of drug-likeness (QED) is 0.137. The Morgan fingerprint density at radius 3 is 2.46 bits per heavy atom. The Morgan fingerprint density at radius 1 is 1.31 bits per heavy atom. The number of thiol groups is 1. The summed E-state index contributed by atoms with van der Waals surface area (Å²) in [6.45, 7) is 18.7. The first kappa shape index (κ1) is 30.7. The highest BCUT2D eigenvalue weighted by Gasteiger charge is 2.31. The van der Waals surface area contributed by atoms with Gasteiger partial charge in [0.05, 0.1) is 16.4 Å². The van der Waals surface area contributed by atoms with Gasteiger partial charge in [0.25, 0.3) is 5.91 Å². The maximum atomic E-state index is 13.2. The number of aliphatic imine (C=N–C) groups is 1. The first-order valence-corrected chi connectivity index (χ1v) is 12.9. The van der Waals surface area contributed by atoms with E-state index in [1.165, 1.54) is 6.08 Å². The Kier molecular flexibility index (Phi) is 12.5. The summed E-state index contributed by atoms with van der Waals surface area (Å²) in [5.41, 5.74) is 1.93. The van der Waals surface area contributed by atoms with E-state index in [9.17, 15) is 9.59 Å². The predicted octanol–water partition coefficient (Wildman–Crippen LogP) is 6.94. The van der Waals surface area contributed by atoms with Crippen LogP contribution in [0.25, 0.3) is 0 Å². The second-order valence-corrected chi connectivity index (χ2v) is 10.8. The number of carbonyl (C=O) groups excluding carboxylic acids is 2. The van der Waals surface area contributed by atoms with Crippen molar-refractivity contribution < 1.29 is 9.59 Å². The number of hydrogen-bond donors (Lipinski definition) is 2. The van der Waals surface area contributed by atoms with Crippen LogP contribution in [0.3, 0.4) is 0 Å². The van der Waals surface area contributed by atoms with Crippen LogP contribution in [0, 0.1) is 12.3 Å². The first-order valence-electron chi connectivity index (χ1n) is 12.0. The van der Waals surface area contributed by atoms with Gasteiger partial charge < -0.3 is 10.2 Å². The molecular weight excluding hydrogens is 478 g/mol. The number of amides is 1. The number of nitrogens with zero attached hydrogens (tertiary/aromatic N) is 2. The normalized spacial score (nSPS) is 13.9. The molecule has 35 heavy (non-hydrogen) atoms. The van der Waals surface area contributed by atoms with Gasteiger partial charge in [0.2, 0.25) is 0 Å². The van der Waals surface area contributed by atoms with Crippen molar-refractivity contribution >= 4 is 53.0 Å². The maximum Gasteiger partial charge on any atom is 0.278 e. The molecule has 0 aromatic heterocycles. The van der Waals surface area contributed by atoms with Gasteiger partial charge in [-0.15, -0.1) is 0 Å². The van der Waals surface area contributed by atoms with Crippen molar-refractivity contribution in [2.75, 3.05) is 18.0 Å². The Bertz CT molecular complexity index is 1000. The molecule has 0 bridgehead atoms. The summed E-state index contributed by atoms with van der Waals surface area (Å²) in [6, 6.07) is 5.89. The van der Waals surface area contributed by atoms with Gasteiger partial charge in [0, 0.05) is 24.2 Å². The molecule has 0 aliphatic heterocycles. The highest BCUT2D eigenvalue weighted by Crippen LogP contribution is 2.27. The lowest BCUT2D eigenvalue weighted by Crippen LogP contribution is -2.40. The van der Waals surface area contributed by atoms with Crippen molar-refractivity contribution in [3.05, 3.63) is 59.3 Å². The molecule has 1 amide bonds. The van der Waals surface area contributed by atoms with E-state index in [4.69, 9.17) is 11.6 Å². The van der Waals surface area contributed by atoms with Crippen molar-refractivity contribution in [3.63, 3.8) is 0 Å². The molecule has 1 N–H and O–H groups in total. The molecule has 1 unspecified atom stereocenters. The van der Waals surface area contributed by atoms with Gasteiger partial charge >= 0.3 is 0 Å². The van der Waals surface area contributed by atoms with E-state index in [2.05, 4.69) is 48.3 Å². The van der Waals surface area contributed by atoms with Crippen molar-refractivity contribution in [3.8, 4) is 0 Å². The molecule has 0 radical (unpaired) electrons. The number of rotatable bonds is 12. The molecule has 0 saturated carbocycles. The number of Topliss-reactive ketones (excluding diaryl/α,β-unsaturated/α-hetero) is 1. The molecule has 0 aliphatic rings. The van der Waals surface area contributed by atoms with Crippen LogP contribution in [0.2, 0.25) is 0 Å². The lowest BCUT2D eigenvalue weighted by molar-refractivity contribution is -0.121. The molecular formula is C28H40ClN3O2S. The number of halogens is 1. The highest BCUT2D eigenvalue weighted by molar-refractivity contribution is 7.80. The van der Waals surface area contributed by atoms with E-state index in [1.54, 1.807) is 39.8 Å². The molecule has 0 heterocycles. The molecule has 1 atom stereocenters. The van der Waals surface area contributed by atoms with E-state index in [-0.39, 0.29) is 11.5 Å². The summed E-state index contributed by atoms with van der Waals surface area (Å²) in [6.07, 6.45) is 6.85. The van der Waals surface area contributed by atoms with Gasteiger partial charge in [0.15, 0.2) is 11.5 Å². The van der Waals surface area contributed by atoms with Gasteiger partial charge in [-0.2, -0.15) is 12.6 Å². The zero-order valence-corrected chi connectivity index (χ0v) is 23.8. The largest absolute Gasteiger partial charge is 0.372 e. The fraction of sp³-hybridized carbons (Fsp3) is 0.464. The summed E-state index contributed by atoms with van der Waals surface area (Å²) < 4.78 is 0. The third-order valence-corrected chi connectivity index (χ3v) is 6.04. The second-order valence-electron chi connectivity index (χ2n) is 9.49. The Morgan fingerprint density at radius 2 is 1.97 bits per heavy atom. The summed E-state index contributed by atoms with van der Waals surface area (Å²) in [4.78, 5) is 33.3. The summed E-state index contributed by atoms with van der Waals surface area (Å²) >= 11 is 10.7. The van der Waals surface area contributed by atoms with Crippen LogP contribution in [0.1, 0.15) is 59.9 Å². The summed E-state index contributed by atoms with van der Waals surface area (Å²) in [5, 5.41) is 3.43. The van der Waals surface area contributed by atoms with Gasteiger partial charge in [-0.1, -0.05) is 58.0 Å². The van der Waals surface area contributed by atoms with E-state index in [0.717, 1.165) is 37.2 Å². The lowest BCUT2D eigenvalue weighted by atomic mass is 9.87. The first-order chi connectivity index (χ1) is 16.3. The van der Waals surface area contributed by atoms with Crippen LogP contribution >= 0.6 is 24.2 Å². The van der Waals surface area contributed by atoms with Crippen LogP contribution in [0.4, 0.5) is 11.4 Å². The van der Waals surface area contributed by atoms with Crippen molar-refractivity contribution in [2.24, 2.45) is 10.4 Å². The smallest absolute Gasteiger partial charge is 0.278 e. The minimum Gasteiger partial charge on any atom is -0.372 e. The van der Waals surface area contributed by atoms with Gasteiger partial charge in [-0.3, -0.25) is 9.59 Å². The Balaban J connectivity index is 3.38. The van der Waals surface area contributed by atoms with E-state index >= 15 is 0 Å². The molecule has 1 aromatic rings. The van der Waals surface area contributed by atoms with Crippen LogP contribution in [0.5, 0.6) is 0 Å². The predicted molar refractivity (Wildman–Crippen MR) is 154 cm³/mol. The van der Waals surface area contributed by atoms with Crippen molar-refractivity contribution in [2.45, 2.75) is 66.6 Å². The fourth-order valence-electron chi connectivity index (χ4n) is 3.33. The average Bonchev–Trinajstić information content (AvgIpc) is 2.79. The lowest BCUT2D eigenvalue weighted by Gasteiger charge is -2.24. The number of hydrogen-bond acceptors (Lipinski definition) is 5. The van der Waals surface area contributed by atoms with Gasteiger partial charge in [0.1, 0.15) is 0 Å². The zero-order valence-electron chi connectivity index (χ0n) is 22.1. The van der Waals surface area contributed by atoms with Gasteiger partial charge in [-0.05, 0) is 68.7 Å². The average molecular weight is 518 g/mol. The number of benzene rings is 1. The number of carbonyl (C=O) groups is 2. The van der Waals surface area contributed by atoms with E-state index in [0.29, 0.717) is 21.7 Å². The highest BCUT2D eigenvalue weighted by atomic mass is 35.5. The van der Waals surface area contributed by atoms with E-state index in [1.807, 2.05) is 25.1 Å². The number of aryl methyl sites for hydroxylation is 1. The second kappa shape index (κ2) is 14.3. The molecule has 1 rings (SSSR count). The minimum atomic E-state index is -0.792. The van der Waals surface area contributed by atoms with Gasteiger partial charge in [-0.25, -0.2) is 4.99 Å². The Hall–Kier alpha value is -2.31. The maximum absolute atomic E-state index is 13.2. The number of allylic oxidation sites excluding steroid dienone is 4. The van der Waals surface area contributed by atoms with Crippen LogP contribution in [-0.4, -0.2) is 35.7 Å². The number of nitrogens with one attached hydrogen (secondary N) is 1. The third-order valence-electron chi connectivity index (χ3n) is 5.36. The van der Waals surface area contributed by atoms with Crippen LogP contribution in [0.15, 0.2) is 58.7 Å². The number of ketones is 1. The molecule has 0 fully saturated rings. The van der Waals surface area contributed by atoms with E-state index < -0.39 is 11.3 Å². The molecule has 5 nitrogen and oxygen atoms in total. The van der Waals surface area contributed by atoms with Crippen molar-refractivity contribution in [1.82, 2.24) is 5.32 Å². The molecule has 1 aromatic carbocycles. The SMILES string of the molecule is C=C/C=C(NC(=O)C(=Nc1ccc(N(CC)CCCC(C)S)cc1C)C(=O)C(C)(C)C)\C(Cl)=C/C. The molecule has 192 valence electrons. The van der Waals surface area contributed by atoms with Crippen LogP contribution in [-0.2, 0) is 9.59 Å². The fourth-order valence-corrected chi connectivity index (χ4v) is 3.62. The minimum absolute atomic E-state index is 0.168. The summed E-state index contributed by atoms with van der Waals surface area (Å²) in [7, 11) is 0. The van der Waals surface area contributed by atoms with Crippen molar-refractivity contribution in [1.29, 1.82) is 0 Å². The molecule has 0 aliphatic carbocycles.